The molecule has 3 heterocycles. The molecule has 4 unspecified atom stereocenters. The SMILES string of the molecule is Cl.O=C(C1CCCOC1c1ccccc1)N1CCC2CCC(C1)N2. The monoisotopic (exact) mass is 350 g/mol. The van der Waals surface area contributed by atoms with Crippen LogP contribution in [0.4, 0.5) is 0 Å². The van der Waals surface area contributed by atoms with E-state index in [2.05, 4.69) is 22.3 Å². The summed E-state index contributed by atoms with van der Waals surface area (Å²) in [4.78, 5) is 15.3. The van der Waals surface area contributed by atoms with Gasteiger partial charge in [-0.3, -0.25) is 4.79 Å². The van der Waals surface area contributed by atoms with E-state index in [-0.39, 0.29) is 24.4 Å². The van der Waals surface area contributed by atoms with Gasteiger partial charge in [0.25, 0.3) is 0 Å². The summed E-state index contributed by atoms with van der Waals surface area (Å²) >= 11 is 0. The largest absolute Gasteiger partial charge is 0.373 e. The maximum atomic E-state index is 13.2. The number of nitrogens with zero attached hydrogens (tertiary/aromatic N) is 1. The van der Waals surface area contributed by atoms with Crippen molar-refractivity contribution < 1.29 is 9.53 Å². The van der Waals surface area contributed by atoms with Crippen LogP contribution in [0.25, 0.3) is 0 Å². The molecule has 132 valence electrons. The Labute approximate surface area is 150 Å². The topological polar surface area (TPSA) is 41.6 Å². The maximum absolute atomic E-state index is 13.2. The number of likely N-dealkylation sites (tertiary alicyclic amines) is 1. The molecular formula is C19H27ClN2O2. The average Bonchev–Trinajstić information content (AvgIpc) is 2.94. The number of halogens is 1. The standard InChI is InChI=1S/C19H26N2O2.ClH/c22-19(21-11-10-15-8-9-16(13-21)20-15)17-7-4-12-23-18(17)14-5-2-1-3-6-14;/h1-3,5-6,15-18,20H,4,7-13H2;1H. The van der Waals surface area contributed by atoms with Crippen LogP contribution >= 0.6 is 12.4 Å². The first-order valence-corrected chi connectivity index (χ1v) is 9.02. The number of rotatable bonds is 2. The summed E-state index contributed by atoms with van der Waals surface area (Å²) in [6.45, 7) is 2.52. The molecule has 3 aliphatic rings. The molecule has 0 radical (unpaired) electrons. The zero-order valence-corrected chi connectivity index (χ0v) is 14.8. The second-order valence-electron chi connectivity index (χ2n) is 7.16. The molecule has 24 heavy (non-hydrogen) atoms. The number of nitrogens with one attached hydrogen (secondary N) is 1. The molecule has 1 N–H and O–H groups in total. The van der Waals surface area contributed by atoms with Gasteiger partial charge in [-0.05, 0) is 37.7 Å². The molecule has 0 saturated carbocycles. The van der Waals surface area contributed by atoms with Crippen molar-refractivity contribution in [1.29, 1.82) is 0 Å². The summed E-state index contributed by atoms with van der Waals surface area (Å²) < 4.78 is 6.02. The summed E-state index contributed by atoms with van der Waals surface area (Å²) in [6, 6.07) is 11.4. The van der Waals surface area contributed by atoms with Crippen LogP contribution in [0.1, 0.15) is 43.8 Å². The third-order valence-electron chi connectivity index (χ3n) is 5.60. The number of amides is 1. The second-order valence-corrected chi connectivity index (χ2v) is 7.16. The van der Waals surface area contributed by atoms with Crippen molar-refractivity contribution in [3.63, 3.8) is 0 Å². The van der Waals surface area contributed by atoms with Gasteiger partial charge in [0.2, 0.25) is 5.91 Å². The molecule has 3 aliphatic heterocycles. The van der Waals surface area contributed by atoms with Crippen LogP contribution in [0, 0.1) is 5.92 Å². The minimum atomic E-state index is -0.0779. The van der Waals surface area contributed by atoms with Crippen molar-refractivity contribution in [3.05, 3.63) is 35.9 Å². The number of hydrogen-bond acceptors (Lipinski definition) is 3. The van der Waals surface area contributed by atoms with Crippen molar-refractivity contribution in [2.24, 2.45) is 5.92 Å². The highest BCUT2D eigenvalue weighted by Crippen LogP contribution is 2.35. The van der Waals surface area contributed by atoms with Gasteiger partial charge in [0.1, 0.15) is 0 Å². The molecule has 4 rings (SSSR count). The first-order valence-electron chi connectivity index (χ1n) is 9.02. The second kappa shape index (κ2) is 7.85. The van der Waals surface area contributed by atoms with E-state index in [1.54, 1.807) is 0 Å². The molecule has 1 amide bonds. The molecule has 1 aromatic carbocycles. The highest BCUT2D eigenvalue weighted by Gasteiger charge is 2.38. The number of hydrogen-bond donors (Lipinski definition) is 1. The lowest BCUT2D eigenvalue weighted by Gasteiger charge is -2.35. The normalized spacial score (nSPS) is 32.8. The quantitative estimate of drug-likeness (QED) is 0.891. The molecule has 0 aliphatic carbocycles. The fourth-order valence-corrected chi connectivity index (χ4v) is 4.38. The summed E-state index contributed by atoms with van der Waals surface area (Å²) in [5, 5.41) is 3.66. The van der Waals surface area contributed by atoms with Gasteiger partial charge < -0.3 is 15.0 Å². The average molecular weight is 351 g/mol. The Hall–Kier alpha value is -1.10. The highest BCUT2D eigenvalue weighted by molar-refractivity contribution is 5.85. The molecule has 4 atom stereocenters. The zero-order chi connectivity index (χ0) is 15.6. The third-order valence-corrected chi connectivity index (χ3v) is 5.60. The first kappa shape index (κ1) is 17.7. The Morgan fingerprint density at radius 2 is 1.88 bits per heavy atom. The van der Waals surface area contributed by atoms with Crippen molar-refractivity contribution in [3.8, 4) is 0 Å². The Morgan fingerprint density at radius 1 is 1.08 bits per heavy atom. The highest BCUT2D eigenvalue weighted by atomic mass is 35.5. The lowest BCUT2D eigenvalue weighted by Crippen LogP contribution is -2.44. The van der Waals surface area contributed by atoms with Crippen molar-refractivity contribution in [1.82, 2.24) is 10.2 Å². The van der Waals surface area contributed by atoms with Gasteiger partial charge in [-0.15, -0.1) is 12.4 Å². The summed E-state index contributed by atoms with van der Waals surface area (Å²) in [5.41, 5.74) is 1.14. The fraction of sp³-hybridized carbons (Fsp3) is 0.632. The summed E-state index contributed by atoms with van der Waals surface area (Å²) in [7, 11) is 0. The molecular weight excluding hydrogens is 324 g/mol. The van der Waals surface area contributed by atoms with Crippen LogP contribution in [-0.2, 0) is 9.53 Å². The van der Waals surface area contributed by atoms with Crippen LogP contribution in [0.2, 0.25) is 0 Å². The summed E-state index contributed by atoms with van der Waals surface area (Å²) in [5.74, 6) is 0.274. The Morgan fingerprint density at radius 3 is 2.71 bits per heavy atom. The minimum Gasteiger partial charge on any atom is -0.373 e. The number of carbonyl (C=O) groups excluding carboxylic acids is 1. The number of benzene rings is 1. The van der Waals surface area contributed by atoms with E-state index in [0.29, 0.717) is 18.0 Å². The van der Waals surface area contributed by atoms with E-state index >= 15 is 0 Å². The van der Waals surface area contributed by atoms with Gasteiger partial charge in [-0.2, -0.15) is 0 Å². The molecule has 3 fully saturated rings. The number of carbonyl (C=O) groups is 1. The number of ether oxygens (including phenoxy) is 1. The smallest absolute Gasteiger partial charge is 0.228 e. The zero-order valence-electron chi connectivity index (χ0n) is 14.0. The fourth-order valence-electron chi connectivity index (χ4n) is 4.38. The van der Waals surface area contributed by atoms with Gasteiger partial charge in [0, 0.05) is 31.8 Å². The van der Waals surface area contributed by atoms with E-state index in [1.165, 1.54) is 12.8 Å². The van der Waals surface area contributed by atoms with Crippen LogP contribution in [0.15, 0.2) is 30.3 Å². The van der Waals surface area contributed by atoms with E-state index in [0.717, 1.165) is 44.5 Å². The van der Waals surface area contributed by atoms with Gasteiger partial charge >= 0.3 is 0 Å². The van der Waals surface area contributed by atoms with Gasteiger partial charge in [0.15, 0.2) is 0 Å². The Balaban J connectivity index is 0.00000169. The van der Waals surface area contributed by atoms with E-state index in [1.807, 2.05) is 18.2 Å². The Bertz CT molecular complexity index is 554. The lowest BCUT2D eigenvalue weighted by atomic mass is 9.88. The van der Waals surface area contributed by atoms with Crippen molar-refractivity contribution >= 4 is 18.3 Å². The molecule has 0 spiro atoms. The van der Waals surface area contributed by atoms with Crippen LogP contribution in [-0.4, -0.2) is 42.6 Å². The van der Waals surface area contributed by atoms with E-state index < -0.39 is 0 Å². The predicted molar refractivity (Wildman–Crippen MR) is 96.2 cm³/mol. The van der Waals surface area contributed by atoms with Crippen LogP contribution in [0.3, 0.4) is 0 Å². The maximum Gasteiger partial charge on any atom is 0.228 e. The molecule has 3 saturated heterocycles. The number of fused-ring (bicyclic) bond motifs is 2. The lowest BCUT2D eigenvalue weighted by molar-refractivity contribution is -0.145. The molecule has 4 nitrogen and oxygen atoms in total. The van der Waals surface area contributed by atoms with Gasteiger partial charge in [-0.1, -0.05) is 30.3 Å². The van der Waals surface area contributed by atoms with E-state index in [9.17, 15) is 4.79 Å². The van der Waals surface area contributed by atoms with Crippen LogP contribution < -0.4 is 5.32 Å². The molecule has 2 bridgehead atoms. The van der Waals surface area contributed by atoms with Crippen LogP contribution in [0.5, 0.6) is 0 Å². The van der Waals surface area contributed by atoms with Gasteiger partial charge in [0.05, 0.1) is 12.0 Å². The Kier molecular flexibility index (Phi) is 5.80. The molecule has 0 aromatic heterocycles. The minimum absolute atomic E-state index is 0. The predicted octanol–water partition coefficient (Wildman–Crippen LogP) is 2.93. The van der Waals surface area contributed by atoms with Gasteiger partial charge in [-0.25, -0.2) is 0 Å². The van der Waals surface area contributed by atoms with E-state index in [4.69, 9.17) is 4.74 Å². The molecule has 1 aromatic rings. The first-order chi connectivity index (χ1) is 11.3. The third kappa shape index (κ3) is 3.61. The summed E-state index contributed by atoms with van der Waals surface area (Å²) in [6.07, 6.45) is 5.41. The van der Waals surface area contributed by atoms with Crippen molar-refractivity contribution in [2.45, 2.75) is 50.3 Å². The van der Waals surface area contributed by atoms with Crippen molar-refractivity contribution in [2.75, 3.05) is 19.7 Å². The molecule has 5 heteroatoms.